The molecule has 0 radical (unpaired) electrons. The Morgan fingerprint density at radius 1 is 1.09 bits per heavy atom. The number of rotatable bonds is 12. The number of likely N-dealkylation sites (tertiary alicyclic amines) is 1. The molecule has 45 heavy (non-hydrogen) atoms. The molecule has 0 aliphatic carbocycles. The number of para-hydroxylation sites is 1. The van der Waals surface area contributed by atoms with E-state index in [-0.39, 0.29) is 37.5 Å². The van der Waals surface area contributed by atoms with Crippen LogP contribution >= 0.6 is 11.8 Å². The molecule has 1 N–H and O–H groups in total. The predicted molar refractivity (Wildman–Crippen MR) is 174 cm³/mol. The molecular weight excluding hydrogens is 588 g/mol. The van der Waals surface area contributed by atoms with E-state index >= 15 is 0 Å². The maximum absolute atomic E-state index is 15.0. The van der Waals surface area contributed by atoms with Gasteiger partial charge in [0.05, 0.1) is 34.7 Å². The minimum absolute atomic E-state index is 0.111. The van der Waals surface area contributed by atoms with Gasteiger partial charge in [-0.15, -0.1) is 30.0 Å². The number of aromatic nitrogens is 3. The molecule has 6 atom stereocenters. The number of amides is 3. The van der Waals surface area contributed by atoms with Gasteiger partial charge in [0.2, 0.25) is 17.7 Å². The Hall–Kier alpha value is -3.96. The van der Waals surface area contributed by atoms with Gasteiger partial charge in [-0.05, 0) is 43.9 Å². The summed E-state index contributed by atoms with van der Waals surface area (Å²) in [7, 11) is 1.73. The second kappa shape index (κ2) is 12.1. The van der Waals surface area contributed by atoms with Gasteiger partial charge in [0.25, 0.3) is 0 Å². The van der Waals surface area contributed by atoms with Crippen LogP contribution in [0.15, 0.2) is 79.9 Å². The highest BCUT2D eigenvalue weighted by Gasteiger charge is 2.78. The molecule has 3 amide bonds. The zero-order valence-corrected chi connectivity index (χ0v) is 26.6. The summed E-state index contributed by atoms with van der Waals surface area (Å²) >= 11 is 1.62. The Labute approximate surface area is 267 Å². The molecule has 10 nitrogen and oxygen atoms in total. The fourth-order valence-electron chi connectivity index (χ4n) is 7.80. The third kappa shape index (κ3) is 5.06. The number of likely N-dealkylation sites (N-methyl/N-ethyl adjacent to an activating group) is 1. The minimum Gasteiger partial charge on any atom is -0.394 e. The maximum Gasteiger partial charge on any atom is 0.248 e. The quantitative estimate of drug-likeness (QED) is 0.307. The van der Waals surface area contributed by atoms with Crippen LogP contribution in [-0.2, 0) is 27.5 Å². The van der Waals surface area contributed by atoms with Crippen LogP contribution in [0.5, 0.6) is 0 Å². The van der Waals surface area contributed by atoms with Crippen molar-refractivity contribution < 1.29 is 19.5 Å². The molecule has 3 saturated heterocycles. The van der Waals surface area contributed by atoms with Gasteiger partial charge >= 0.3 is 0 Å². The molecule has 1 aromatic heterocycles. The molecule has 0 saturated carbocycles. The van der Waals surface area contributed by atoms with E-state index in [0.29, 0.717) is 31.3 Å². The van der Waals surface area contributed by atoms with Crippen molar-refractivity contribution in [3.8, 4) is 0 Å². The summed E-state index contributed by atoms with van der Waals surface area (Å²) in [5.74, 6) is -1.90. The average molecular weight is 629 g/mol. The third-order valence-corrected chi connectivity index (χ3v) is 11.8. The number of fused-ring (bicyclic) bond motifs is 2. The summed E-state index contributed by atoms with van der Waals surface area (Å²) in [6.45, 7) is 10.1. The lowest BCUT2D eigenvalue weighted by Gasteiger charge is -2.39. The first-order valence-corrected chi connectivity index (χ1v) is 16.2. The monoisotopic (exact) mass is 628 g/mol. The molecular formula is C34H40N6O4S. The molecule has 2 aromatic carbocycles. The van der Waals surface area contributed by atoms with Gasteiger partial charge in [-0.3, -0.25) is 14.4 Å². The van der Waals surface area contributed by atoms with Crippen LogP contribution in [-0.4, -0.2) is 101 Å². The van der Waals surface area contributed by atoms with E-state index in [1.807, 2.05) is 54.6 Å². The second-order valence-corrected chi connectivity index (χ2v) is 14.5. The topological polar surface area (TPSA) is 112 Å². The number of aliphatic hydroxyl groups is 1. The molecule has 3 aliphatic rings. The van der Waals surface area contributed by atoms with Crippen molar-refractivity contribution in [2.24, 2.45) is 11.8 Å². The molecule has 3 aliphatic heterocycles. The first kappa shape index (κ1) is 31.0. The summed E-state index contributed by atoms with van der Waals surface area (Å²) in [6, 6.07) is 15.7. The van der Waals surface area contributed by atoms with Crippen molar-refractivity contribution in [1.82, 2.24) is 29.7 Å². The standard InChI is InChI=1S/C34H40N6O4S/c1-5-18-37(4)30(42)27-28-31(43)40(24(21-41)20-23-12-8-7-9-13-23)29(34(28)17-16-33(27,3)45-34)32(44)38(19-6-2)22-39-26-15-11-10-14-25(26)35-36-39/h5-15,24,27-29,41H,1-2,16-22H2,3-4H3/t24-,27+,28+,29?,33-,34?/m1/s1. The van der Waals surface area contributed by atoms with Crippen LogP contribution in [0.2, 0.25) is 0 Å². The SMILES string of the molecule is C=CCN(C)C(=O)[C@@H]1[C@H]2C(=O)N([C@@H](CO)Cc3ccccc3)C(C(=O)N(CC=C)Cn3nnc4ccccc43)C23CC[C@@]1(C)S3. The number of carbonyl (C=O) groups excluding carboxylic acids is 3. The van der Waals surface area contributed by atoms with E-state index in [2.05, 4.69) is 30.4 Å². The Balaban J connectivity index is 1.44. The maximum atomic E-state index is 15.0. The van der Waals surface area contributed by atoms with Crippen LogP contribution in [0, 0.1) is 11.8 Å². The second-order valence-electron chi connectivity index (χ2n) is 12.6. The summed E-state index contributed by atoms with van der Waals surface area (Å²) in [4.78, 5) is 48.7. The van der Waals surface area contributed by atoms with Crippen molar-refractivity contribution in [3.63, 3.8) is 0 Å². The van der Waals surface area contributed by atoms with Gasteiger partial charge in [0.15, 0.2) is 0 Å². The van der Waals surface area contributed by atoms with E-state index in [9.17, 15) is 19.5 Å². The number of benzene rings is 2. The molecule has 6 rings (SSSR count). The molecule has 236 valence electrons. The first-order valence-electron chi connectivity index (χ1n) is 15.4. The minimum atomic E-state index is -0.889. The van der Waals surface area contributed by atoms with Gasteiger partial charge < -0.3 is 19.8 Å². The third-order valence-electron chi connectivity index (χ3n) is 9.80. The Morgan fingerprint density at radius 2 is 1.80 bits per heavy atom. The summed E-state index contributed by atoms with van der Waals surface area (Å²) in [5.41, 5.74) is 2.45. The lowest BCUT2D eigenvalue weighted by atomic mass is 9.66. The van der Waals surface area contributed by atoms with Crippen molar-refractivity contribution >= 4 is 40.5 Å². The van der Waals surface area contributed by atoms with Crippen LogP contribution in [0.3, 0.4) is 0 Å². The summed E-state index contributed by atoms with van der Waals surface area (Å²) in [5, 5.41) is 19.4. The Kier molecular flexibility index (Phi) is 8.34. The van der Waals surface area contributed by atoms with Crippen molar-refractivity contribution in [3.05, 3.63) is 85.5 Å². The smallest absolute Gasteiger partial charge is 0.248 e. The van der Waals surface area contributed by atoms with Gasteiger partial charge in [-0.25, -0.2) is 4.68 Å². The summed E-state index contributed by atoms with van der Waals surface area (Å²) < 4.78 is 0.348. The largest absolute Gasteiger partial charge is 0.394 e. The van der Waals surface area contributed by atoms with E-state index in [1.165, 1.54) is 0 Å². The number of hydrogen-bond donors (Lipinski definition) is 1. The van der Waals surface area contributed by atoms with Gasteiger partial charge in [-0.2, -0.15) is 0 Å². The van der Waals surface area contributed by atoms with Crippen molar-refractivity contribution in [1.29, 1.82) is 0 Å². The van der Waals surface area contributed by atoms with Crippen LogP contribution in [0.1, 0.15) is 25.3 Å². The van der Waals surface area contributed by atoms with E-state index in [0.717, 1.165) is 11.1 Å². The summed E-state index contributed by atoms with van der Waals surface area (Å²) in [6.07, 6.45) is 5.03. The molecule has 4 heterocycles. The molecule has 1 spiro atoms. The highest BCUT2D eigenvalue weighted by atomic mass is 32.2. The number of carbonyl (C=O) groups is 3. The lowest BCUT2D eigenvalue weighted by molar-refractivity contribution is -0.147. The highest BCUT2D eigenvalue weighted by Crippen LogP contribution is 2.72. The molecule has 2 bridgehead atoms. The number of thioether (sulfide) groups is 1. The number of hydrogen-bond acceptors (Lipinski definition) is 7. The van der Waals surface area contributed by atoms with Gasteiger partial charge in [-0.1, -0.05) is 59.8 Å². The molecule has 3 aromatic rings. The van der Waals surface area contributed by atoms with Crippen molar-refractivity contribution in [2.75, 3.05) is 26.7 Å². The normalized spacial score (nSPS) is 27.4. The fraction of sp³-hybridized carbons (Fsp3) is 0.441. The molecule has 11 heteroatoms. The predicted octanol–water partition coefficient (Wildman–Crippen LogP) is 3.13. The van der Waals surface area contributed by atoms with Crippen LogP contribution in [0.4, 0.5) is 0 Å². The van der Waals surface area contributed by atoms with Crippen LogP contribution < -0.4 is 0 Å². The Morgan fingerprint density at radius 3 is 2.51 bits per heavy atom. The Bertz CT molecular complexity index is 1630. The van der Waals surface area contributed by atoms with E-state index in [4.69, 9.17) is 0 Å². The average Bonchev–Trinajstić information content (AvgIpc) is 3.75. The molecule has 2 unspecified atom stereocenters. The van der Waals surface area contributed by atoms with Gasteiger partial charge in [0.1, 0.15) is 18.2 Å². The zero-order valence-electron chi connectivity index (χ0n) is 25.8. The van der Waals surface area contributed by atoms with Gasteiger partial charge in [0, 0.05) is 24.9 Å². The van der Waals surface area contributed by atoms with E-state index < -0.39 is 33.4 Å². The fourth-order valence-corrected chi connectivity index (χ4v) is 10.1. The highest BCUT2D eigenvalue weighted by molar-refractivity contribution is 8.02. The lowest BCUT2D eigenvalue weighted by Crippen LogP contribution is -2.58. The van der Waals surface area contributed by atoms with Crippen molar-refractivity contribution in [2.45, 2.75) is 54.4 Å². The van der Waals surface area contributed by atoms with E-state index in [1.54, 1.807) is 50.3 Å². The number of nitrogens with zero attached hydrogens (tertiary/aromatic N) is 6. The van der Waals surface area contributed by atoms with Crippen LogP contribution in [0.25, 0.3) is 11.0 Å². The number of aliphatic hydroxyl groups excluding tert-OH is 1. The first-order chi connectivity index (χ1) is 21.7. The molecule has 3 fully saturated rings. The zero-order chi connectivity index (χ0) is 31.9.